The first-order valence-corrected chi connectivity index (χ1v) is 4.13. The summed E-state index contributed by atoms with van der Waals surface area (Å²) in [5.74, 6) is 0. The van der Waals surface area contributed by atoms with Crippen LogP contribution < -0.4 is 5.43 Å². The monoisotopic (exact) mass is 172 g/mol. The Morgan fingerprint density at radius 2 is 2.15 bits per heavy atom. The van der Waals surface area contributed by atoms with Crippen LogP contribution in [0.15, 0.2) is 43.0 Å². The Hall–Kier alpha value is -1.90. The number of ether oxygens (including phenoxy) is 1. The van der Waals surface area contributed by atoms with Gasteiger partial charge in [0, 0.05) is 5.56 Å². The van der Waals surface area contributed by atoms with Crippen LogP contribution in [-0.2, 0) is 4.74 Å². The van der Waals surface area contributed by atoms with Crippen molar-refractivity contribution in [3.05, 3.63) is 48.6 Å². The molecule has 1 aromatic rings. The highest BCUT2D eigenvalue weighted by Gasteiger charge is 2.23. The van der Waals surface area contributed by atoms with Gasteiger partial charge in [-0.25, -0.2) is 0 Å². The minimum atomic E-state index is 1.05. The number of fused-ring (bicyclic) bond motifs is 3. The van der Waals surface area contributed by atoms with E-state index < -0.39 is 0 Å². The fourth-order valence-electron chi connectivity index (χ4n) is 1.56. The first-order valence-electron chi connectivity index (χ1n) is 4.13. The maximum atomic E-state index is 5.12. The summed E-state index contributed by atoms with van der Waals surface area (Å²) >= 11 is 0. The maximum absolute atomic E-state index is 5.12. The zero-order valence-electron chi connectivity index (χ0n) is 6.90. The van der Waals surface area contributed by atoms with E-state index in [4.69, 9.17) is 4.74 Å². The number of hydrazine groups is 1. The third kappa shape index (κ3) is 0.839. The molecular weight excluding hydrogens is 164 g/mol. The van der Waals surface area contributed by atoms with Crippen molar-refractivity contribution in [2.45, 2.75) is 0 Å². The molecule has 0 aromatic heterocycles. The zero-order valence-corrected chi connectivity index (χ0v) is 6.90. The lowest BCUT2D eigenvalue weighted by Crippen LogP contribution is -2.17. The molecule has 0 radical (unpaired) electrons. The molecule has 3 heteroatoms. The molecule has 64 valence electrons. The summed E-state index contributed by atoms with van der Waals surface area (Å²) in [7, 11) is 0. The van der Waals surface area contributed by atoms with Crippen LogP contribution in [-0.4, -0.2) is 5.01 Å². The Morgan fingerprint density at radius 1 is 1.23 bits per heavy atom. The Balaban J connectivity index is 2.17. The molecule has 0 fully saturated rings. The lowest BCUT2D eigenvalue weighted by molar-refractivity contribution is 0.372. The maximum Gasteiger partial charge on any atom is 0.117 e. The first-order chi connectivity index (χ1) is 6.45. The van der Waals surface area contributed by atoms with Crippen LogP contribution in [0.5, 0.6) is 0 Å². The molecule has 1 aromatic carbocycles. The zero-order chi connectivity index (χ0) is 8.67. The summed E-state index contributed by atoms with van der Waals surface area (Å²) in [6.07, 6.45) is 5.23. The second-order valence-electron chi connectivity index (χ2n) is 2.95. The van der Waals surface area contributed by atoms with E-state index in [9.17, 15) is 0 Å². The lowest BCUT2D eigenvalue weighted by Gasteiger charge is -2.17. The van der Waals surface area contributed by atoms with Gasteiger partial charge in [0.05, 0.1) is 11.9 Å². The van der Waals surface area contributed by atoms with E-state index in [0.29, 0.717) is 0 Å². The van der Waals surface area contributed by atoms with Crippen molar-refractivity contribution in [1.29, 1.82) is 0 Å². The third-order valence-corrected chi connectivity index (χ3v) is 2.17. The van der Waals surface area contributed by atoms with E-state index in [0.717, 1.165) is 11.4 Å². The normalized spacial score (nSPS) is 16.9. The van der Waals surface area contributed by atoms with Gasteiger partial charge in [0.25, 0.3) is 0 Å². The van der Waals surface area contributed by atoms with Crippen molar-refractivity contribution >= 4 is 11.4 Å². The summed E-state index contributed by atoms with van der Waals surface area (Å²) in [5.41, 5.74) is 6.58. The fraction of sp³-hybridized carbons (Fsp3) is 0. The van der Waals surface area contributed by atoms with E-state index in [1.165, 1.54) is 5.56 Å². The van der Waals surface area contributed by atoms with Crippen LogP contribution >= 0.6 is 0 Å². The molecule has 2 heterocycles. The Kier molecular flexibility index (Phi) is 1.16. The van der Waals surface area contributed by atoms with Gasteiger partial charge in [-0.05, 0) is 6.07 Å². The van der Waals surface area contributed by atoms with Crippen LogP contribution in [0.2, 0.25) is 0 Å². The van der Waals surface area contributed by atoms with Gasteiger partial charge in [-0.2, -0.15) is 0 Å². The first kappa shape index (κ1) is 6.60. The summed E-state index contributed by atoms with van der Waals surface area (Å²) in [4.78, 5) is 0. The second-order valence-corrected chi connectivity index (χ2v) is 2.95. The molecule has 0 atom stereocenters. The van der Waals surface area contributed by atoms with Crippen molar-refractivity contribution in [3.63, 3.8) is 0 Å². The molecule has 13 heavy (non-hydrogen) atoms. The van der Waals surface area contributed by atoms with Crippen LogP contribution in [0.1, 0.15) is 5.56 Å². The summed E-state index contributed by atoms with van der Waals surface area (Å²) in [6, 6.07) is 8.14. The molecule has 2 aliphatic rings. The van der Waals surface area contributed by atoms with Crippen molar-refractivity contribution in [3.8, 4) is 0 Å². The highest BCUT2D eigenvalue weighted by molar-refractivity contribution is 5.81. The number of hydrogen-bond acceptors (Lipinski definition) is 3. The Bertz CT molecular complexity index is 409. The van der Waals surface area contributed by atoms with Gasteiger partial charge >= 0.3 is 0 Å². The van der Waals surface area contributed by atoms with Crippen LogP contribution in [0.25, 0.3) is 5.70 Å². The van der Waals surface area contributed by atoms with Crippen molar-refractivity contribution in [2.24, 2.45) is 0 Å². The highest BCUT2D eigenvalue weighted by Crippen LogP contribution is 2.35. The Labute approximate surface area is 75.9 Å². The van der Waals surface area contributed by atoms with Gasteiger partial charge in [0.15, 0.2) is 0 Å². The molecular formula is C10H8N2O. The van der Waals surface area contributed by atoms with E-state index in [2.05, 4.69) is 11.5 Å². The number of anilines is 1. The number of hydrogen-bond donors (Lipinski definition) is 1. The molecule has 0 unspecified atom stereocenters. The molecule has 2 aliphatic heterocycles. The van der Waals surface area contributed by atoms with E-state index in [1.807, 2.05) is 29.4 Å². The molecule has 0 saturated carbocycles. The molecule has 0 aliphatic carbocycles. The van der Waals surface area contributed by atoms with Gasteiger partial charge in [-0.1, -0.05) is 18.2 Å². The van der Waals surface area contributed by atoms with Gasteiger partial charge in [-0.15, -0.1) is 0 Å². The second kappa shape index (κ2) is 2.29. The summed E-state index contributed by atoms with van der Waals surface area (Å²) in [5, 5.41) is 1.94. The predicted octanol–water partition coefficient (Wildman–Crippen LogP) is 2.13. The summed E-state index contributed by atoms with van der Waals surface area (Å²) in [6.45, 7) is 0. The van der Waals surface area contributed by atoms with Gasteiger partial charge in [0.1, 0.15) is 18.2 Å². The Morgan fingerprint density at radius 3 is 3.15 bits per heavy atom. The van der Waals surface area contributed by atoms with E-state index in [-0.39, 0.29) is 0 Å². The van der Waals surface area contributed by atoms with E-state index >= 15 is 0 Å². The number of nitrogens with one attached hydrogen (secondary N) is 1. The van der Waals surface area contributed by atoms with Crippen LogP contribution in [0.4, 0.5) is 5.69 Å². The predicted molar refractivity (Wildman–Crippen MR) is 50.1 cm³/mol. The molecule has 0 saturated heterocycles. The van der Waals surface area contributed by atoms with Crippen LogP contribution in [0.3, 0.4) is 0 Å². The van der Waals surface area contributed by atoms with E-state index in [1.54, 1.807) is 12.5 Å². The molecule has 3 nitrogen and oxygen atoms in total. The van der Waals surface area contributed by atoms with Gasteiger partial charge in [0.2, 0.25) is 0 Å². The smallest absolute Gasteiger partial charge is 0.117 e. The quantitative estimate of drug-likeness (QED) is 0.648. The molecule has 3 rings (SSSR count). The largest absolute Gasteiger partial charge is 0.469 e. The van der Waals surface area contributed by atoms with Crippen molar-refractivity contribution in [2.75, 3.05) is 5.43 Å². The number of nitrogens with zero attached hydrogens (tertiary/aromatic N) is 1. The molecule has 0 bridgehead atoms. The number of rotatable bonds is 0. The molecule has 0 amide bonds. The van der Waals surface area contributed by atoms with Gasteiger partial charge < -0.3 is 4.74 Å². The highest BCUT2D eigenvalue weighted by atomic mass is 16.5. The fourth-order valence-corrected chi connectivity index (χ4v) is 1.56. The SMILES string of the molecule is C1=CN2Nc3ccccc3C2=CO1. The van der Waals surface area contributed by atoms with Crippen molar-refractivity contribution in [1.82, 2.24) is 5.01 Å². The van der Waals surface area contributed by atoms with Gasteiger partial charge in [-0.3, -0.25) is 10.4 Å². The summed E-state index contributed by atoms with van der Waals surface area (Å²) < 4.78 is 5.12. The topological polar surface area (TPSA) is 24.5 Å². The minimum Gasteiger partial charge on any atom is -0.469 e. The molecule has 0 spiro atoms. The number of benzene rings is 1. The third-order valence-electron chi connectivity index (χ3n) is 2.17. The van der Waals surface area contributed by atoms with Crippen molar-refractivity contribution < 1.29 is 4.74 Å². The minimum absolute atomic E-state index is 1.05. The number of para-hydroxylation sites is 1. The standard InChI is InChI=1S/C10H8N2O/c1-2-4-9-8(3-1)10-7-13-6-5-12(10)11-9/h1-7,11H. The average Bonchev–Trinajstić information content (AvgIpc) is 2.56. The lowest BCUT2D eigenvalue weighted by atomic mass is 10.1. The van der Waals surface area contributed by atoms with Crippen LogP contribution in [0, 0.1) is 0 Å². The molecule has 1 N–H and O–H groups in total. The average molecular weight is 172 g/mol.